The van der Waals surface area contributed by atoms with E-state index in [2.05, 4.69) is 50.9 Å². The van der Waals surface area contributed by atoms with E-state index in [1.807, 2.05) is 25.7 Å². The van der Waals surface area contributed by atoms with Crippen molar-refractivity contribution >= 4 is 36.0 Å². The lowest BCUT2D eigenvalue weighted by Crippen LogP contribution is -2.50. The molecule has 1 aromatic carbocycles. The van der Waals surface area contributed by atoms with Gasteiger partial charge in [0.2, 0.25) is 0 Å². The van der Waals surface area contributed by atoms with Crippen LogP contribution < -0.4 is 10.6 Å². The molecule has 32 heavy (non-hydrogen) atoms. The number of halogens is 1. The zero-order chi connectivity index (χ0) is 22.3. The number of piperidine rings is 1. The zero-order valence-electron chi connectivity index (χ0n) is 20.0. The Hall–Kier alpha value is -1.55. The number of nitrogens with one attached hydrogen (secondary N) is 2. The second-order valence-corrected chi connectivity index (χ2v) is 9.58. The molecule has 0 atom stereocenters. The van der Waals surface area contributed by atoms with Crippen LogP contribution in [0, 0.1) is 0 Å². The summed E-state index contributed by atoms with van der Waals surface area (Å²) in [6.07, 6.45) is 4.10. The number of likely N-dealkylation sites (tertiary alicyclic amines) is 1. The maximum absolute atomic E-state index is 12.5. The second-order valence-electron chi connectivity index (χ2n) is 9.58. The van der Waals surface area contributed by atoms with E-state index in [4.69, 9.17) is 4.74 Å². The highest BCUT2D eigenvalue weighted by Gasteiger charge is 2.34. The molecule has 0 aromatic heterocycles. The van der Waals surface area contributed by atoms with Crippen LogP contribution in [0.15, 0.2) is 35.3 Å². The molecule has 1 heterocycles. The minimum atomic E-state index is -0.468. The predicted octanol–water partition coefficient (Wildman–Crippen LogP) is 3.83. The molecule has 0 radical (unpaired) electrons. The molecule has 8 heteroatoms. The Labute approximate surface area is 210 Å². The van der Waals surface area contributed by atoms with Crippen LogP contribution in [0.2, 0.25) is 0 Å². The molecular weight excluding hydrogens is 517 g/mol. The normalized spacial score (nSPS) is 17.9. The molecular formula is C24H40IN5O2. The quantitative estimate of drug-likeness (QED) is 0.303. The summed E-state index contributed by atoms with van der Waals surface area (Å²) in [5.41, 5.74) is 0.904. The smallest absolute Gasteiger partial charge is 0.410 e. The fourth-order valence-corrected chi connectivity index (χ4v) is 3.89. The average Bonchev–Trinajstić information content (AvgIpc) is 3.56. The van der Waals surface area contributed by atoms with Gasteiger partial charge in [-0.1, -0.05) is 30.3 Å². The van der Waals surface area contributed by atoms with Crippen molar-refractivity contribution in [2.75, 3.05) is 33.2 Å². The van der Waals surface area contributed by atoms with Gasteiger partial charge in [0.05, 0.1) is 0 Å². The third-order valence-electron chi connectivity index (χ3n) is 5.66. The summed E-state index contributed by atoms with van der Waals surface area (Å²) >= 11 is 0. The summed E-state index contributed by atoms with van der Waals surface area (Å²) in [5, 5.41) is 6.93. The summed E-state index contributed by atoms with van der Waals surface area (Å²) in [6.45, 7) is 10.2. The largest absolute Gasteiger partial charge is 0.444 e. The SMILES string of the molecule is CN=C(NCCN(C(=O)OC(C)(C)C)C1CC1)NC1CCN(Cc2ccccc2)CC1.I. The fraction of sp³-hybridized carbons (Fsp3) is 0.667. The zero-order valence-corrected chi connectivity index (χ0v) is 22.3. The van der Waals surface area contributed by atoms with Crippen molar-refractivity contribution < 1.29 is 9.53 Å². The van der Waals surface area contributed by atoms with Crippen LogP contribution in [0.3, 0.4) is 0 Å². The van der Waals surface area contributed by atoms with E-state index in [0.29, 0.717) is 25.2 Å². The Bertz CT molecular complexity index is 726. The summed E-state index contributed by atoms with van der Waals surface area (Å²) in [4.78, 5) is 21.2. The molecule has 1 aromatic rings. The van der Waals surface area contributed by atoms with E-state index in [9.17, 15) is 4.79 Å². The number of aliphatic imine (C=N–C) groups is 1. The van der Waals surface area contributed by atoms with Crippen molar-refractivity contribution in [3.63, 3.8) is 0 Å². The number of nitrogens with zero attached hydrogens (tertiary/aromatic N) is 3. The van der Waals surface area contributed by atoms with Gasteiger partial charge in [-0.2, -0.15) is 0 Å². The summed E-state index contributed by atoms with van der Waals surface area (Å²) in [6, 6.07) is 11.4. The number of hydrogen-bond donors (Lipinski definition) is 2. The molecule has 3 rings (SSSR count). The van der Waals surface area contributed by atoms with E-state index in [-0.39, 0.29) is 30.1 Å². The Kier molecular flexibility index (Phi) is 10.5. The first kappa shape index (κ1) is 26.7. The Morgan fingerprint density at radius 2 is 1.81 bits per heavy atom. The summed E-state index contributed by atoms with van der Waals surface area (Å²) < 4.78 is 5.57. The van der Waals surface area contributed by atoms with Crippen LogP contribution >= 0.6 is 24.0 Å². The van der Waals surface area contributed by atoms with E-state index in [0.717, 1.165) is 51.3 Å². The number of hydrogen-bond acceptors (Lipinski definition) is 4. The van der Waals surface area contributed by atoms with Crippen molar-refractivity contribution in [1.82, 2.24) is 20.4 Å². The lowest BCUT2D eigenvalue weighted by atomic mass is 10.0. The van der Waals surface area contributed by atoms with E-state index in [1.165, 1.54) is 5.56 Å². The molecule has 1 aliphatic heterocycles. The number of benzene rings is 1. The Morgan fingerprint density at radius 1 is 1.16 bits per heavy atom. The van der Waals surface area contributed by atoms with Crippen LogP contribution in [-0.2, 0) is 11.3 Å². The standard InChI is InChI=1S/C24H39N5O2.HI/c1-24(2,3)31-23(30)29(21-10-11-21)17-14-26-22(25-4)27-20-12-15-28(16-13-20)18-19-8-6-5-7-9-19;/h5-9,20-21H,10-18H2,1-4H3,(H2,25,26,27);1H. The molecule has 2 aliphatic rings. The molecule has 1 amide bonds. The van der Waals surface area contributed by atoms with Gasteiger partial charge in [0.1, 0.15) is 5.60 Å². The number of carbonyl (C=O) groups excluding carboxylic acids is 1. The van der Waals surface area contributed by atoms with E-state index < -0.39 is 5.60 Å². The fourth-order valence-electron chi connectivity index (χ4n) is 3.89. The highest BCUT2D eigenvalue weighted by Crippen LogP contribution is 2.28. The molecule has 0 unspecified atom stereocenters. The number of rotatable bonds is 7. The Morgan fingerprint density at radius 3 is 2.38 bits per heavy atom. The van der Waals surface area contributed by atoms with Crippen molar-refractivity contribution in [3.8, 4) is 0 Å². The number of carbonyl (C=O) groups is 1. The van der Waals surface area contributed by atoms with Crippen molar-refractivity contribution in [1.29, 1.82) is 0 Å². The summed E-state index contributed by atoms with van der Waals surface area (Å²) in [7, 11) is 1.80. The first-order chi connectivity index (χ1) is 14.8. The van der Waals surface area contributed by atoms with E-state index >= 15 is 0 Å². The van der Waals surface area contributed by atoms with Crippen LogP contribution in [0.25, 0.3) is 0 Å². The topological polar surface area (TPSA) is 69.2 Å². The molecule has 180 valence electrons. The molecule has 0 spiro atoms. The number of amides is 1. The predicted molar refractivity (Wildman–Crippen MR) is 141 cm³/mol. The maximum Gasteiger partial charge on any atom is 0.410 e. The highest BCUT2D eigenvalue weighted by atomic mass is 127. The average molecular weight is 558 g/mol. The van der Waals surface area contributed by atoms with Gasteiger partial charge in [-0.15, -0.1) is 24.0 Å². The third kappa shape index (κ3) is 9.13. The number of ether oxygens (including phenoxy) is 1. The third-order valence-corrected chi connectivity index (χ3v) is 5.66. The van der Waals surface area contributed by atoms with Crippen LogP contribution in [0.1, 0.15) is 52.0 Å². The molecule has 2 N–H and O–H groups in total. The van der Waals surface area contributed by atoms with E-state index in [1.54, 1.807) is 7.05 Å². The van der Waals surface area contributed by atoms with Crippen molar-refractivity contribution in [2.24, 2.45) is 4.99 Å². The van der Waals surface area contributed by atoms with Gasteiger partial charge in [0.25, 0.3) is 0 Å². The molecule has 1 saturated heterocycles. The summed E-state index contributed by atoms with van der Waals surface area (Å²) in [5.74, 6) is 0.807. The number of guanidine groups is 1. The minimum Gasteiger partial charge on any atom is -0.444 e. The van der Waals surface area contributed by atoms with Crippen LogP contribution in [0.4, 0.5) is 4.79 Å². The molecule has 0 bridgehead atoms. The molecule has 1 aliphatic carbocycles. The highest BCUT2D eigenvalue weighted by molar-refractivity contribution is 14.0. The molecule has 7 nitrogen and oxygen atoms in total. The Balaban J connectivity index is 0.00000363. The second kappa shape index (κ2) is 12.6. The van der Waals surface area contributed by atoms with Crippen molar-refractivity contribution in [3.05, 3.63) is 35.9 Å². The van der Waals surface area contributed by atoms with Gasteiger partial charge in [0.15, 0.2) is 5.96 Å². The molecule has 1 saturated carbocycles. The van der Waals surface area contributed by atoms with Crippen LogP contribution in [0.5, 0.6) is 0 Å². The lowest BCUT2D eigenvalue weighted by Gasteiger charge is -2.33. The van der Waals surface area contributed by atoms with Gasteiger partial charge in [-0.25, -0.2) is 4.79 Å². The van der Waals surface area contributed by atoms with Gasteiger partial charge >= 0.3 is 6.09 Å². The van der Waals surface area contributed by atoms with Gasteiger partial charge in [0, 0.05) is 51.9 Å². The monoisotopic (exact) mass is 557 g/mol. The van der Waals surface area contributed by atoms with Crippen LogP contribution in [-0.4, -0.2) is 72.8 Å². The van der Waals surface area contributed by atoms with Gasteiger partial charge < -0.3 is 20.3 Å². The van der Waals surface area contributed by atoms with Gasteiger partial charge in [-0.05, 0) is 52.0 Å². The minimum absolute atomic E-state index is 0. The first-order valence-corrected chi connectivity index (χ1v) is 11.6. The molecule has 2 fully saturated rings. The maximum atomic E-state index is 12.5. The van der Waals surface area contributed by atoms with Crippen molar-refractivity contribution in [2.45, 2.75) is 70.7 Å². The van der Waals surface area contributed by atoms with Gasteiger partial charge in [-0.3, -0.25) is 9.89 Å². The lowest BCUT2D eigenvalue weighted by molar-refractivity contribution is 0.0237. The first-order valence-electron chi connectivity index (χ1n) is 11.6.